The molecule has 0 amide bonds. The zero-order valence-electron chi connectivity index (χ0n) is 6.61. The molecule has 1 aromatic heterocycles. The molecule has 7 heteroatoms. The number of hydrogen-bond acceptors (Lipinski definition) is 4. The van der Waals surface area contributed by atoms with Gasteiger partial charge in [0.25, 0.3) is 0 Å². The fourth-order valence-electron chi connectivity index (χ4n) is 0.675. The van der Waals surface area contributed by atoms with Crippen molar-refractivity contribution in [3.8, 4) is 0 Å². The van der Waals surface area contributed by atoms with Crippen LogP contribution >= 0.6 is 12.2 Å². The van der Waals surface area contributed by atoms with E-state index in [2.05, 4.69) is 20.8 Å². The first-order chi connectivity index (χ1) is 5.72. The standard InChI is InChI=1S/C5H10N6S/c1-11-3-8-4(10-11)2-7-5(12)9-6/h3H,2,6H2,1H3,(H2,7,9,12). The lowest BCUT2D eigenvalue weighted by Gasteiger charge is -2.02. The molecule has 1 heterocycles. The maximum atomic E-state index is 5.04. The molecule has 0 aliphatic heterocycles. The summed E-state index contributed by atoms with van der Waals surface area (Å²) in [5.41, 5.74) is 2.30. The number of nitrogens with two attached hydrogens (primary N) is 1. The molecular weight excluding hydrogens is 176 g/mol. The lowest BCUT2D eigenvalue weighted by atomic mass is 10.6. The molecule has 0 atom stereocenters. The fourth-order valence-corrected chi connectivity index (χ4v) is 0.747. The van der Waals surface area contributed by atoms with Gasteiger partial charge in [0.1, 0.15) is 6.33 Å². The van der Waals surface area contributed by atoms with Crippen molar-refractivity contribution in [2.45, 2.75) is 6.54 Å². The van der Waals surface area contributed by atoms with Crippen molar-refractivity contribution in [2.24, 2.45) is 12.9 Å². The van der Waals surface area contributed by atoms with E-state index in [0.717, 1.165) is 0 Å². The second-order valence-corrected chi connectivity index (χ2v) is 2.57. The molecule has 0 bridgehead atoms. The first-order valence-electron chi connectivity index (χ1n) is 3.31. The Morgan fingerprint density at radius 3 is 3.08 bits per heavy atom. The summed E-state index contributed by atoms with van der Waals surface area (Å²) in [5, 5.41) is 7.23. The van der Waals surface area contributed by atoms with Gasteiger partial charge in [-0.25, -0.2) is 10.8 Å². The molecule has 0 aliphatic carbocycles. The molecule has 0 fully saturated rings. The molecule has 0 radical (unpaired) electrons. The molecule has 6 nitrogen and oxygen atoms in total. The summed E-state index contributed by atoms with van der Waals surface area (Å²) in [6.45, 7) is 0.476. The van der Waals surface area contributed by atoms with Crippen molar-refractivity contribution >= 4 is 17.3 Å². The summed E-state index contributed by atoms with van der Waals surface area (Å²) in [6, 6.07) is 0. The van der Waals surface area contributed by atoms with Crippen molar-refractivity contribution in [3.05, 3.63) is 12.2 Å². The van der Waals surface area contributed by atoms with Gasteiger partial charge in [-0.1, -0.05) is 0 Å². The highest BCUT2D eigenvalue weighted by molar-refractivity contribution is 7.80. The van der Waals surface area contributed by atoms with E-state index in [9.17, 15) is 0 Å². The number of aromatic nitrogens is 3. The Kier molecular flexibility index (Phi) is 2.94. The minimum absolute atomic E-state index is 0.377. The highest BCUT2D eigenvalue weighted by Gasteiger charge is 1.98. The van der Waals surface area contributed by atoms with Crippen LogP contribution in [-0.4, -0.2) is 19.9 Å². The van der Waals surface area contributed by atoms with Gasteiger partial charge in [0, 0.05) is 7.05 Å². The van der Waals surface area contributed by atoms with Gasteiger partial charge in [0.15, 0.2) is 10.9 Å². The van der Waals surface area contributed by atoms with Crippen LogP contribution in [0.2, 0.25) is 0 Å². The van der Waals surface area contributed by atoms with Crippen molar-refractivity contribution in [1.82, 2.24) is 25.5 Å². The average Bonchev–Trinajstić information content (AvgIpc) is 2.47. The molecule has 0 saturated carbocycles. The topological polar surface area (TPSA) is 80.8 Å². The van der Waals surface area contributed by atoms with Crippen LogP contribution in [-0.2, 0) is 13.6 Å². The smallest absolute Gasteiger partial charge is 0.180 e. The van der Waals surface area contributed by atoms with Crippen LogP contribution in [0, 0.1) is 0 Å². The Hall–Kier alpha value is -1.21. The third-order valence-electron chi connectivity index (χ3n) is 1.19. The number of nitrogens with zero attached hydrogens (tertiary/aromatic N) is 3. The van der Waals surface area contributed by atoms with E-state index in [-0.39, 0.29) is 0 Å². The maximum Gasteiger partial charge on any atom is 0.180 e. The molecule has 66 valence electrons. The first kappa shape index (κ1) is 8.88. The van der Waals surface area contributed by atoms with Gasteiger partial charge in [-0.3, -0.25) is 4.68 Å². The Bertz CT molecular complexity index is 269. The second kappa shape index (κ2) is 3.98. The van der Waals surface area contributed by atoms with Gasteiger partial charge < -0.3 is 10.7 Å². The van der Waals surface area contributed by atoms with Gasteiger partial charge in [0.05, 0.1) is 6.54 Å². The van der Waals surface area contributed by atoms with E-state index < -0.39 is 0 Å². The lowest BCUT2D eigenvalue weighted by molar-refractivity contribution is 0.726. The second-order valence-electron chi connectivity index (χ2n) is 2.16. The Morgan fingerprint density at radius 1 is 1.83 bits per heavy atom. The summed E-state index contributed by atoms with van der Waals surface area (Å²) < 4.78 is 1.62. The number of hydrazine groups is 1. The van der Waals surface area contributed by atoms with Crippen LogP contribution in [0.1, 0.15) is 5.82 Å². The lowest BCUT2D eigenvalue weighted by Crippen LogP contribution is -2.39. The number of nitrogens with one attached hydrogen (secondary N) is 2. The molecule has 0 aromatic carbocycles. The molecular formula is C5H10N6S. The summed E-state index contributed by atoms with van der Waals surface area (Å²) in [6.07, 6.45) is 1.62. The van der Waals surface area contributed by atoms with E-state index in [0.29, 0.717) is 17.5 Å². The van der Waals surface area contributed by atoms with Gasteiger partial charge >= 0.3 is 0 Å². The minimum atomic E-state index is 0.377. The molecule has 1 rings (SSSR count). The van der Waals surface area contributed by atoms with Crippen molar-refractivity contribution in [1.29, 1.82) is 0 Å². The Balaban J connectivity index is 2.38. The summed E-state index contributed by atoms with van der Waals surface area (Å²) in [7, 11) is 1.80. The zero-order valence-corrected chi connectivity index (χ0v) is 7.43. The van der Waals surface area contributed by atoms with E-state index in [4.69, 9.17) is 18.1 Å². The van der Waals surface area contributed by atoms with Gasteiger partial charge in [0.2, 0.25) is 0 Å². The molecule has 0 saturated heterocycles. The summed E-state index contributed by atoms with van der Waals surface area (Å²) in [5.74, 6) is 5.72. The third kappa shape index (κ3) is 2.44. The largest absolute Gasteiger partial charge is 0.354 e. The highest BCUT2D eigenvalue weighted by Crippen LogP contribution is 1.85. The highest BCUT2D eigenvalue weighted by atomic mass is 32.1. The van der Waals surface area contributed by atoms with E-state index in [1.807, 2.05) is 0 Å². The molecule has 0 aliphatic rings. The number of aryl methyl sites for hydroxylation is 1. The quantitative estimate of drug-likeness (QED) is 0.301. The van der Waals surface area contributed by atoms with Gasteiger partial charge in [-0.15, -0.1) is 0 Å². The minimum Gasteiger partial charge on any atom is -0.354 e. The summed E-state index contributed by atoms with van der Waals surface area (Å²) in [4.78, 5) is 3.98. The SMILES string of the molecule is Cn1cnc(CNC(=S)NN)n1. The predicted octanol–water partition coefficient (Wildman–Crippen LogP) is -1.35. The van der Waals surface area contributed by atoms with Crippen molar-refractivity contribution in [2.75, 3.05) is 0 Å². The first-order valence-corrected chi connectivity index (χ1v) is 3.72. The third-order valence-corrected chi connectivity index (χ3v) is 1.45. The predicted molar refractivity (Wildman–Crippen MR) is 47.8 cm³/mol. The van der Waals surface area contributed by atoms with Gasteiger partial charge in [-0.05, 0) is 12.2 Å². The number of rotatable bonds is 2. The molecule has 1 aromatic rings. The van der Waals surface area contributed by atoms with Gasteiger partial charge in [-0.2, -0.15) is 5.10 Å². The van der Waals surface area contributed by atoms with Crippen LogP contribution in [0.4, 0.5) is 0 Å². The van der Waals surface area contributed by atoms with Crippen LogP contribution in [0.15, 0.2) is 6.33 Å². The zero-order chi connectivity index (χ0) is 8.97. The van der Waals surface area contributed by atoms with Crippen LogP contribution in [0.3, 0.4) is 0 Å². The van der Waals surface area contributed by atoms with Crippen LogP contribution in [0.5, 0.6) is 0 Å². The van der Waals surface area contributed by atoms with Crippen molar-refractivity contribution in [3.63, 3.8) is 0 Å². The normalized spacial score (nSPS) is 9.50. The summed E-state index contributed by atoms with van der Waals surface area (Å²) >= 11 is 4.75. The molecule has 0 unspecified atom stereocenters. The van der Waals surface area contributed by atoms with Crippen molar-refractivity contribution < 1.29 is 0 Å². The van der Waals surface area contributed by atoms with E-state index in [1.165, 1.54) is 0 Å². The fraction of sp³-hybridized carbons (Fsp3) is 0.400. The average molecular weight is 186 g/mol. The Morgan fingerprint density at radius 2 is 2.58 bits per heavy atom. The van der Waals surface area contributed by atoms with E-state index >= 15 is 0 Å². The monoisotopic (exact) mass is 186 g/mol. The number of thiocarbonyl (C=S) groups is 1. The number of hydrogen-bond donors (Lipinski definition) is 3. The molecule has 0 spiro atoms. The van der Waals surface area contributed by atoms with E-state index in [1.54, 1.807) is 18.1 Å². The maximum absolute atomic E-state index is 5.04. The molecule has 12 heavy (non-hydrogen) atoms. The van der Waals surface area contributed by atoms with Crippen LogP contribution in [0.25, 0.3) is 0 Å². The van der Waals surface area contributed by atoms with Crippen LogP contribution < -0.4 is 16.6 Å². The molecule has 4 N–H and O–H groups in total. The Labute approximate surface area is 75.1 Å².